The van der Waals surface area contributed by atoms with Gasteiger partial charge in [-0.1, -0.05) is 12.5 Å². The molecule has 7 heteroatoms. The van der Waals surface area contributed by atoms with Crippen molar-refractivity contribution in [2.75, 3.05) is 19.0 Å². The van der Waals surface area contributed by atoms with Gasteiger partial charge in [0.15, 0.2) is 0 Å². The van der Waals surface area contributed by atoms with Crippen LogP contribution in [0.25, 0.3) is 0 Å². The molecule has 1 amide bonds. The van der Waals surface area contributed by atoms with Gasteiger partial charge >= 0.3 is 0 Å². The van der Waals surface area contributed by atoms with Crippen LogP contribution < -0.4 is 16.0 Å². The maximum Gasteiger partial charge on any atom is 0.220 e. The summed E-state index contributed by atoms with van der Waals surface area (Å²) in [6.45, 7) is 0.516. The molecule has 5 nitrogen and oxygen atoms in total. The quantitative estimate of drug-likeness (QED) is 0.854. The van der Waals surface area contributed by atoms with Crippen LogP contribution in [-0.4, -0.2) is 31.0 Å². The van der Waals surface area contributed by atoms with E-state index in [0.717, 1.165) is 30.6 Å². The predicted octanol–water partition coefficient (Wildman–Crippen LogP) is 2.12. The van der Waals surface area contributed by atoms with Crippen LogP contribution in [0.1, 0.15) is 31.2 Å². The maximum absolute atomic E-state index is 12.0. The number of nitrogens with zero attached hydrogens (tertiary/aromatic N) is 2. The van der Waals surface area contributed by atoms with Crippen molar-refractivity contribution in [3.63, 3.8) is 0 Å². The van der Waals surface area contributed by atoms with Gasteiger partial charge in [-0.05, 0) is 24.8 Å². The van der Waals surface area contributed by atoms with Gasteiger partial charge in [0.1, 0.15) is 5.82 Å². The molecule has 1 heterocycles. The Balaban J connectivity index is 0.00000220. The fourth-order valence-electron chi connectivity index (χ4n) is 2.79. The predicted molar refractivity (Wildman–Crippen MR) is 94.8 cm³/mol. The van der Waals surface area contributed by atoms with Gasteiger partial charge in [-0.15, -0.1) is 24.8 Å². The molecule has 1 aromatic rings. The summed E-state index contributed by atoms with van der Waals surface area (Å²) in [5, 5.41) is 2.98. The molecule has 0 aromatic carbocycles. The van der Waals surface area contributed by atoms with E-state index in [4.69, 9.17) is 5.73 Å². The van der Waals surface area contributed by atoms with Gasteiger partial charge < -0.3 is 16.0 Å². The third kappa shape index (κ3) is 5.63. The molecule has 1 saturated carbocycles. The molecule has 0 saturated heterocycles. The van der Waals surface area contributed by atoms with Crippen LogP contribution in [0.4, 0.5) is 5.82 Å². The van der Waals surface area contributed by atoms with Crippen molar-refractivity contribution in [3.8, 4) is 0 Å². The Kier molecular flexibility index (Phi) is 9.41. The van der Waals surface area contributed by atoms with Gasteiger partial charge in [-0.3, -0.25) is 4.79 Å². The maximum atomic E-state index is 12.0. The number of nitrogens with one attached hydrogen (secondary N) is 1. The Bertz CT molecular complexity index is 471. The van der Waals surface area contributed by atoms with Crippen LogP contribution in [0.15, 0.2) is 18.3 Å². The first kappa shape index (κ1) is 21.0. The second kappa shape index (κ2) is 9.87. The topological polar surface area (TPSA) is 71.2 Å². The summed E-state index contributed by atoms with van der Waals surface area (Å²) in [6.07, 6.45) is 5.57. The number of carbonyl (C=O) groups excluding carboxylic acids is 1. The molecule has 22 heavy (non-hydrogen) atoms. The lowest BCUT2D eigenvalue weighted by Gasteiger charge is -2.17. The summed E-state index contributed by atoms with van der Waals surface area (Å²) in [4.78, 5) is 18.3. The number of hydrogen-bond acceptors (Lipinski definition) is 4. The van der Waals surface area contributed by atoms with Crippen LogP contribution in [0.3, 0.4) is 0 Å². The van der Waals surface area contributed by atoms with Crippen molar-refractivity contribution in [1.82, 2.24) is 10.3 Å². The van der Waals surface area contributed by atoms with E-state index in [0.29, 0.717) is 18.9 Å². The monoisotopic (exact) mass is 348 g/mol. The van der Waals surface area contributed by atoms with Crippen molar-refractivity contribution in [2.45, 2.75) is 38.3 Å². The van der Waals surface area contributed by atoms with Crippen molar-refractivity contribution in [1.29, 1.82) is 0 Å². The Hall–Kier alpha value is -1.04. The van der Waals surface area contributed by atoms with E-state index in [-0.39, 0.29) is 36.8 Å². The highest BCUT2D eigenvalue weighted by Crippen LogP contribution is 2.26. The number of pyridine rings is 1. The standard InChI is InChI=1S/C15H24N4O.2ClH/c1-19(2)15-12(6-4-8-17-15)10-18-14(20)9-11-5-3-7-13(11)16;;/h4,6,8,11,13H,3,5,7,9-10,16H2,1-2H3,(H,18,20);2*1H/t11-,13+;;/m0../s1. The second-order valence-electron chi connectivity index (χ2n) is 5.72. The second-order valence-corrected chi connectivity index (χ2v) is 5.72. The lowest BCUT2D eigenvalue weighted by Crippen LogP contribution is -2.31. The Morgan fingerprint density at radius 2 is 2.14 bits per heavy atom. The molecule has 2 rings (SSSR count). The van der Waals surface area contributed by atoms with Crippen LogP contribution in [-0.2, 0) is 11.3 Å². The van der Waals surface area contributed by atoms with E-state index in [1.807, 2.05) is 31.1 Å². The zero-order chi connectivity index (χ0) is 14.5. The van der Waals surface area contributed by atoms with Gasteiger partial charge in [0.05, 0.1) is 0 Å². The lowest BCUT2D eigenvalue weighted by atomic mass is 10.00. The average molecular weight is 349 g/mol. The first-order valence-electron chi connectivity index (χ1n) is 7.21. The first-order chi connectivity index (χ1) is 9.58. The van der Waals surface area contributed by atoms with E-state index in [1.165, 1.54) is 0 Å². The summed E-state index contributed by atoms with van der Waals surface area (Å²) in [6, 6.07) is 4.07. The van der Waals surface area contributed by atoms with E-state index in [1.54, 1.807) is 6.20 Å². The van der Waals surface area contributed by atoms with Crippen LogP contribution >= 0.6 is 24.8 Å². The number of nitrogens with two attached hydrogens (primary N) is 1. The molecule has 0 aliphatic heterocycles. The third-order valence-corrected chi connectivity index (χ3v) is 3.93. The zero-order valence-corrected chi connectivity index (χ0v) is 14.8. The van der Waals surface area contributed by atoms with Crippen LogP contribution in [0.2, 0.25) is 0 Å². The normalized spacial score (nSPS) is 19.8. The van der Waals surface area contributed by atoms with Crippen LogP contribution in [0.5, 0.6) is 0 Å². The first-order valence-corrected chi connectivity index (χ1v) is 7.21. The number of anilines is 1. The molecule has 1 fully saturated rings. The van der Waals surface area contributed by atoms with E-state index in [9.17, 15) is 4.79 Å². The summed E-state index contributed by atoms with van der Waals surface area (Å²) >= 11 is 0. The highest BCUT2D eigenvalue weighted by atomic mass is 35.5. The van der Waals surface area contributed by atoms with Gasteiger partial charge in [0.2, 0.25) is 5.91 Å². The average Bonchev–Trinajstić information content (AvgIpc) is 2.82. The number of carbonyl (C=O) groups is 1. The number of amides is 1. The summed E-state index contributed by atoms with van der Waals surface area (Å²) in [7, 11) is 3.90. The number of hydrogen-bond donors (Lipinski definition) is 2. The highest BCUT2D eigenvalue weighted by Gasteiger charge is 2.25. The highest BCUT2D eigenvalue weighted by molar-refractivity contribution is 5.85. The molecule has 126 valence electrons. The Labute approximate surface area is 144 Å². The Morgan fingerprint density at radius 1 is 1.41 bits per heavy atom. The minimum atomic E-state index is 0. The summed E-state index contributed by atoms with van der Waals surface area (Å²) in [5.74, 6) is 1.32. The minimum absolute atomic E-state index is 0. The molecule has 0 radical (unpaired) electrons. The number of rotatable bonds is 5. The number of halogens is 2. The fourth-order valence-corrected chi connectivity index (χ4v) is 2.79. The van der Waals surface area contributed by atoms with Crippen molar-refractivity contribution < 1.29 is 4.79 Å². The SMILES string of the molecule is CN(C)c1ncccc1CNC(=O)C[C@@H]1CCC[C@H]1N.Cl.Cl. The van der Waals surface area contributed by atoms with Crippen molar-refractivity contribution >= 4 is 36.5 Å². The molecule has 1 aromatic heterocycles. The van der Waals surface area contributed by atoms with Gasteiger partial charge in [-0.25, -0.2) is 4.98 Å². The lowest BCUT2D eigenvalue weighted by molar-refractivity contribution is -0.122. The summed E-state index contributed by atoms with van der Waals surface area (Å²) < 4.78 is 0. The molecule has 1 aliphatic carbocycles. The molecule has 3 N–H and O–H groups in total. The van der Waals surface area contributed by atoms with Gasteiger partial charge in [0.25, 0.3) is 0 Å². The van der Waals surface area contributed by atoms with Gasteiger partial charge in [0, 0.05) is 44.9 Å². The Morgan fingerprint density at radius 3 is 2.73 bits per heavy atom. The molecule has 1 aliphatic rings. The smallest absolute Gasteiger partial charge is 0.220 e. The molecular formula is C15H26Cl2N4O. The molecule has 0 unspecified atom stereocenters. The zero-order valence-electron chi connectivity index (χ0n) is 13.1. The van der Waals surface area contributed by atoms with Crippen molar-refractivity contribution in [3.05, 3.63) is 23.9 Å². The minimum Gasteiger partial charge on any atom is -0.362 e. The summed E-state index contributed by atoms with van der Waals surface area (Å²) in [5.41, 5.74) is 7.03. The fraction of sp³-hybridized carbons (Fsp3) is 0.600. The van der Waals surface area contributed by atoms with Crippen molar-refractivity contribution in [2.24, 2.45) is 11.7 Å². The van der Waals surface area contributed by atoms with E-state index < -0.39 is 0 Å². The van der Waals surface area contributed by atoms with Gasteiger partial charge in [-0.2, -0.15) is 0 Å². The van der Waals surface area contributed by atoms with E-state index in [2.05, 4.69) is 10.3 Å². The molecule has 0 spiro atoms. The van der Waals surface area contributed by atoms with Crippen LogP contribution in [0, 0.1) is 5.92 Å². The largest absolute Gasteiger partial charge is 0.362 e. The van der Waals surface area contributed by atoms with E-state index >= 15 is 0 Å². The molecule has 0 bridgehead atoms. The molecular weight excluding hydrogens is 323 g/mol. The molecule has 2 atom stereocenters. The third-order valence-electron chi connectivity index (χ3n) is 3.93. The number of aromatic nitrogens is 1.